The maximum atomic E-state index is 12.2. The molecule has 0 aliphatic carbocycles. The summed E-state index contributed by atoms with van der Waals surface area (Å²) in [6, 6.07) is 6.21. The Hall–Kier alpha value is -1.59. The minimum absolute atomic E-state index is 0.245. The molecule has 0 N–H and O–H groups in total. The molecule has 3 rings (SSSR count). The van der Waals surface area contributed by atoms with Crippen molar-refractivity contribution in [1.82, 2.24) is 4.90 Å². The van der Waals surface area contributed by atoms with Gasteiger partial charge in [-0.1, -0.05) is 6.07 Å². The highest BCUT2D eigenvalue weighted by molar-refractivity contribution is 5.96. The van der Waals surface area contributed by atoms with Gasteiger partial charge in [-0.05, 0) is 30.5 Å². The zero-order valence-electron chi connectivity index (χ0n) is 13.2. The van der Waals surface area contributed by atoms with Gasteiger partial charge >= 0.3 is 5.97 Å². The molecule has 1 aromatic carbocycles. The third kappa shape index (κ3) is 3.42. The quantitative estimate of drug-likeness (QED) is 0.795. The van der Waals surface area contributed by atoms with Crippen LogP contribution in [0.15, 0.2) is 18.2 Å². The maximum Gasteiger partial charge on any atom is 0.339 e. The van der Waals surface area contributed by atoms with Crippen molar-refractivity contribution in [2.45, 2.75) is 19.4 Å². The summed E-state index contributed by atoms with van der Waals surface area (Å²) < 4.78 is 10.4. The number of rotatable bonds is 4. The number of hydrogen-bond acceptors (Lipinski definition) is 5. The minimum Gasteiger partial charge on any atom is -0.465 e. The van der Waals surface area contributed by atoms with E-state index in [1.54, 1.807) is 0 Å². The van der Waals surface area contributed by atoms with Crippen LogP contribution in [-0.2, 0) is 16.0 Å². The van der Waals surface area contributed by atoms with E-state index >= 15 is 0 Å². The molecule has 5 nitrogen and oxygen atoms in total. The number of esters is 1. The van der Waals surface area contributed by atoms with Crippen LogP contribution in [0.1, 0.15) is 28.8 Å². The third-order valence-electron chi connectivity index (χ3n) is 4.42. The molecule has 0 bridgehead atoms. The molecule has 0 unspecified atom stereocenters. The average Bonchev–Trinajstić information content (AvgIpc) is 3.09. The molecule has 0 radical (unpaired) electrons. The Labute approximate surface area is 131 Å². The van der Waals surface area contributed by atoms with E-state index in [-0.39, 0.29) is 5.97 Å². The lowest BCUT2D eigenvalue weighted by Crippen LogP contribution is -2.35. The average molecular weight is 304 g/mol. The van der Waals surface area contributed by atoms with Gasteiger partial charge in [-0.15, -0.1) is 0 Å². The molecule has 1 aromatic rings. The number of anilines is 1. The summed E-state index contributed by atoms with van der Waals surface area (Å²) in [4.78, 5) is 16.8. The highest BCUT2D eigenvalue weighted by atomic mass is 16.5. The van der Waals surface area contributed by atoms with Gasteiger partial charge in [-0.3, -0.25) is 4.90 Å². The molecule has 0 aromatic heterocycles. The Morgan fingerprint density at radius 3 is 2.59 bits per heavy atom. The molecule has 2 saturated heterocycles. The fourth-order valence-corrected chi connectivity index (χ4v) is 3.21. The molecule has 0 spiro atoms. The van der Waals surface area contributed by atoms with Crippen LogP contribution in [0.5, 0.6) is 0 Å². The lowest BCUT2D eigenvalue weighted by Gasteiger charge is -2.27. The van der Waals surface area contributed by atoms with E-state index in [1.165, 1.54) is 20.0 Å². The summed E-state index contributed by atoms with van der Waals surface area (Å²) in [7, 11) is 1.45. The number of hydrogen-bond donors (Lipinski definition) is 0. The number of methoxy groups -OCH3 is 1. The first kappa shape index (κ1) is 15.3. The molecule has 0 amide bonds. The standard InChI is InChI=1S/C17H24N2O3/c1-21-17(20)15-12-14(13-18-8-10-22-11-9-18)4-5-16(15)19-6-2-3-7-19/h4-5,12H,2-3,6-11,13H2,1H3. The van der Waals surface area contributed by atoms with Crippen molar-refractivity contribution in [3.05, 3.63) is 29.3 Å². The number of carbonyl (C=O) groups is 1. The van der Waals surface area contributed by atoms with Crippen molar-refractivity contribution in [2.24, 2.45) is 0 Å². The van der Waals surface area contributed by atoms with Crippen molar-refractivity contribution in [3.8, 4) is 0 Å². The van der Waals surface area contributed by atoms with Gasteiger partial charge in [-0.25, -0.2) is 4.79 Å². The van der Waals surface area contributed by atoms with Crippen molar-refractivity contribution in [3.63, 3.8) is 0 Å². The normalized spacial score (nSPS) is 19.4. The summed E-state index contributed by atoms with van der Waals surface area (Å²) in [5, 5.41) is 0. The van der Waals surface area contributed by atoms with Gasteiger partial charge in [0, 0.05) is 32.7 Å². The molecule has 5 heteroatoms. The van der Waals surface area contributed by atoms with Crippen LogP contribution in [-0.4, -0.2) is 57.4 Å². The third-order valence-corrected chi connectivity index (χ3v) is 4.42. The SMILES string of the molecule is COC(=O)c1cc(CN2CCOCC2)ccc1N1CCCC1. The first-order chi connectivity index (χ1) is 10.8. The molecule has 2 fully saturated rings. The van der Waals surface area contributed by atoms with Crippen LogP contribution >= 0.6 is 0 Å². The topological polar surface area (TPSA) is 42.0 Å². The lowest BCUT2D eigenvalue weighted by molar-refractivity contribution is 0.0341. The molecule has 22 heavy (non-hydrogen) atoms. The van der Waals surface area contributed by atoms with E-state index in [0.717, 1.165) is 57.2 Å². The summed E-state index contributed by atoms with van der Waals surface area (Å²) in [6.07, 6.45) is 2.38. The number of benzene rings is 1. The Morgan fingerprint density at radius 2 is 1.91 bits per heavy atom. The van der Waals surface area contributed by atoms with Gasteiger partial charge in [0.15, 0.2) is 0 Å². The van der Waals surface area contributed by atoms with E-state index in [0.29, 0.717) is 5.56 Å². The first-order valence-corrected chi connectivity index (χ1v) is 8.04. The van der Waals surface area contributed by atoms with E-state index < -0.39 is 0 Å². The fourth-order valence-electron chi connectivity index (χ4n) is 3.21. The predicted molar refractivity (Wildman–Crippen MR) is 85.3 cm³/mol. The smallest absolute Gasteiger partial charge is 0.339 e. The van der Waals surface area contributed by atoms with Gasteiger partial charge in [0.25, 0.3) is 0 Å². The minimum atomic E-state index is -0.245. The second-order valence-corrected chi connectivity index (χ2v) is 5.93. The zero-order valence-corrected chi connectivity index (χ0v) is 13.2. The Bertz CT molecular complexity index is 521. The highest BCUT2D eigenvalue weighted by Gasteiger charge is 2.21. The number of morpholine rings is 1. The van der Waals surface area contributed by atoms with Crippen LogP contribution in [0.3, 0.4) is 0 Å². The molecule has 120 valence electrons. The number of ether oxygens (including phenoxy) is 2. The van der Waals surface area contributed by atoms with Crippen LogP contribution in [0, 0.1) is 0 Å². The molecule has 2 aliphatic heterocycles. The zero-order chi connectivity index (χ0) is 15.4. The summed E-state index contributed by atoms with van der Waals surface area (Å²) in [5.41, 5.74) is 2.86. The van der Waals surface area contributed by atoms with Gasteiger partial charge in [-0.2, -0.15) is 0 Å². The highest BCUT2D eigenvalue weighted by Crippen LogP contribution is 2.27. The number of carbonyl (C=O) groups excluding carboxylic acids is 1. The summed E-state index contributed by atoms with van der Waals surface area (Å²) >= 11 is 0. The van der Waals surface area contributed by atoms with E-state index in [2.05, 4.69) is 21.9 Å². The van der Waals surface area contributed by atoms with Crippen molar-refractivity contribution in [1.29, 1.82) is 0 Å². The second-order valence-electron chi connectivity index (χ2n) is 5.93. The molecular weight excluding hydrogens is 280 g/mol. The molecule has 0 atom stereocenters. The second kappa shape index (κ2) is 7.11. The largest absolute Gasteiger partial charge is 0.465 e. The van der Waals surface area contributed by atoms with E-state index in [9.17, 15) is 4.79 Å². The Balaban J connectivity index is 1.81. The lowest BCUT2D eigenvalue weighted by atomic mass is 10.1. The monoisotopic (exact) mass is 304 g/mol. The van der Waals surface area contributed by atoms with Gasteiger partial charge in [0.2, 0.25) is 0 Å². The molecular formula is C17H24N2O3. The number of nitrogens with zero attached hydrogens (tertiary/aromatic N) is 2. The van der Waals surface area contributed by atoms with Crippen LogP contribution < -0.4 is 4.90 Å². The molecule has 0 saturated carbocycles. The van der Waals surface area contributed by atoms with Crippen LogP contribution in [0.4, 0.5) is 5.69 Å². The molecule has 2 heterocycles. The van der Waals surface area contributed by atoms with Gasteiger partial charge in [0.05, 0.1) is 31.6 Å². The van der Waals surface area contributed by atoms with Crippen LogP contribution in [0.2, 0.25) is 0 Å². The van der Waals surface area contributed by atoms with Gasteiger partial charge in [0.1, 0.15) is 0 Å². The predicted octanol–water partition coefficient (Wildman–Crippen LogP) is 1.91. The van der Waals surface area contributed by atoms with E-state index in [4.69, 9.17) is 9.47 Å². The van der Waals surface area contributed by atoms with E-state index in [1.807, 2.05) is 6.07 Å². The van der Waals surface area contributed by atoms with Crippen molar-refractivity contribution in [2.75, 3.05) is 51.4 Å². The maximum absolute atomic E-state index is 12.2. The van der Waals surface area contributed by atoms with Crippen molar-refractivity contribution < 1.29 is 14.3 Å². The summed E-state index contributed by atoms with van der Waals surface area (Å²) in [6.45, 7) is 6.36. The molecule has 2 aliphatic rings. The Morgan fingerprint density at radius 1 is 1.18 bits per heavy atom. The van der Waals surface area contributed by atoms with Crippen molar-refractivity contribution >= 4 is 11.7 Å². The fraction of sp³-hybridized carbons (Fsp3) is 0.588. The Kier molecular flexibility index (Phi) is 4.95. The summed E-state index contributed by atoms with van der Waals surface area (Å²) in [5.74, 6) is -0.245. The first-order valence-electron chi connectivity index (χ1n) is 8.04. The van der Waals surface area contributed by atoms with Gasteiger partial charge < -0.3 is 14.4 Å². The van der Waals surface area contributed by atoms with Crippen LogP contribution in [0.25, 0.3) is 0 Å².